The predicted octanol–water partition coefficient (Wildman–Crippen LogP) is 2.95. The van der Waals surface area contributed by atoms with Crippen LogP contribution in [0.5, 0.6) is 0 Å². The van der Waals surface area contributed by atoms with E-state index in [4.69, 9.17) is 0 Å². The van der Waals surface area contributed by atoms with Crippen LogP contribution in [0.15, 0.2) is 35.2 Å². The van der Waals surface area contributed by atoms with Crippen LogP contribution in [-0.2, 0) is 27.5 Å². The zero-order chi connectivity index (χ0) is 22.1. The molecule has 0 radical (unpaired) electrons. The molecule has 0 aliphatic carbocycles. The summed E-state index contributed by atoms with van der Waals surface area (Å²) in [4.78, 5) is 13.5. The van der Waals surface area contributed by atoms with Crippen LogP contribution in [-0.4, -0.2) is 37.2 Å². The molecule has 1 aromatic carbocycles. The number of hydrogen-bond donors (Lipinski definition) is 1. The van der Waals surface area contributed by atoms with Gasteiger partial charge in [-0.1, -0.05) is 6.92 Å². The number of hydrogen-bond acceptors (Lipinski definition) is 4. The van der Waals surface area contributed by atoms with E-state index < -0.39 is 21.9 Å². The fraction of sp³-hybridized carbons (Fsp3) is 0.474. The number of halogens is 3. The number of amides is 1. The van der Waals surface area contributed by atoms with Gasteiger partial charge in [0.05, 0.1) is 4.90 Å². The van der Waals surface area contributed by atoms with Crippen molar-refractivity contribution in [1.29, 1.82) is 0 Å². The molecule has 1 atom stereocenters. The van der Waals surface area contributed by atoms with Crippen molar-refractivity contribution in [3.05, 3.63) is 41.7 Å². The van der Waals surface area contributed by atoms with E-state index in [1.165, 1.54) is 23.7 Å². The smallest absolute Gasteiger partial charge is 0.312 e. The van der Waals surface area contributed by atoms with Crippen molar-refractivity contribution < 1.29 is 26.4 Å². The maximum absolute atomic E-state index is 12.8. The Hall–Kier alpha value is -2.40. The predicted molar refractivity (Wildman–Crippen MR) is 104 cm³/mol. The molecular formula is C19H23F3N4O3S. The van der Waals surface area contributed by atoms with Gasteiger partial charge in [-0.05, 0) is 49.6 Å². The van der Waals surface area contributed by atoms with Gasteiger partial charge in [0.1, 0.15) is 0 Å². The van der Waals surface area contributed by atoms with Gasteiger partial charge in [0.2, 0.25) is 15.9 Å². The molecule has 0 unspecified atom stereocenters. The Morgan fingerprint density at radius 3 is 2.43 bits per heavy atom. The molecule has 3 rings (SSSR count). The van der Waals surface area contributed by atoms with Crippen LogP contribution < -0.4 is 9.62 Å². The van der Waals surface area contributed by atoms with Crippen molar-refractivity contribution in [3.8, 4) is 0 Å². The highest BCUT2D eigenvalue weighted by Gasteiger charge is 2.34. The van der Waals surface area contributed by atoms with E-state index in [1.807, 2.05) is 0 Å². The Morgan fingerprint density at radius 1 is 1.23 bits per heavy atom. The Kier molecular flexibility index (Phi) is 6.23. The molecule has 1 N–H and O–H groups in total. The zero-order valence-electron chi connectivity index (χ0n) is 16.6. The van der Waals surface area contributed by atoms with E-state index in [0.717, 1.165) is 12.5 Å². The molecule has 0 spiro atoms. The number of nitrogens with zero attached hydrogens (tertiary/aromatic N) is 3. The summed E-state index contributed by atoms with van der Waals surface area (Å²) in [6.07, 6.45) is -3.26. The van der Waals surface area contributed by atoms with E-state index in [9.17, 15) is 26.4 Å². The van der Waals surface area contributed by atoms with Gasteiger partial charge < -0.3 is 4.90 Å². The third-order valence-corrected chi connectivity index (χ3v) is 6.35. The molecule has 1 fully saturated rings. The summed E-state index contributed by atoms with van der Waals surface area (Å²) in [5.74, 6) is -0.277. The molecule has 1 aliphatic heterocycles. The van der Waals surface area contributed by atoms with Crippen LogP contribution in [0.2, 0.25) is 0 Å². The number of nitrogens with one attached hydrogen (secondary N) is 1. The number of aromatic nitrogens is 2. The molecule has 1 aliphatic rings. The van der Waals surface area contributed by atoms with Crippen molar-refractivity contribution in [1.82, 2.24) is 14.5 Å². The molecule has 30 heavy (non-hydrogen) atoms. The normalized spacial score (nSPS) is 16.3. The number of carbonyl (C=O) groups is 1. The minimum atomic E-state index is -4.52. The number of alkyl halides is 3. The van der Waals surface area contributed by atoms with Crippen LogP contribution in [0.3, 0.4) is 0 Å². The van der Waals surface area contributed by atoms with Gasteiger partial charge in [-0.25, -0.2) is 13.1 Å². The first-order valence-electron chi connectivity index (χ1n) is 9.49. The van der Waals surface area contributed by atoms with Crippen LogP contribution in [0, 0.1) is 12.8 Å². The molecule has 2 heterocycles. The molecule has 0 saturated carbocycles. The fourth-order valence-corrected chi connectivity index (χ4v) is 4.42. The second kappa shape index (κ2) is 8.38. The molecule has 7 nitrogen and oxygen atoms in total. The minimum Gasteiger partial charge on any atom is -0.312 e. The largest absolute Gasteiger partial charge is 0.435 e. The standard InChI is InChI=1S/C19H23F3N4O3S/c1-13(12-26-14(2)10-17(24-26)19(20,21)22)11-23-30(28,29)16-7-5-15(6-8-16)25-9-3-4-18(25)27/h5-8,10,13,23H,3-4,9,11-12H2,1-2H3/t13-/m1/s1. The molecule has 164 valence electrons. The van der Waals surface area contributed by atoms with Crippen molar-refractivity contribution in [2.24, 2.45) is 5.92 Å². The van der Waals surface area contributed by atoms with Gasteiger partial charge in [0.15, 0.2) is 5.69 Å². The van der Waals surface area contributed by atoms with Crippen molar-refractivity contribution in [2.45, 2.75) is 44.3 Å². The minimum absolute atomic E-state index is 0.0140. The van der Waals surface area contributed by atoms with Crippen LogP contribution >= 0.6 is 0 Å². The summed E-state index contributed by atoms with van der Waals surface area (Å²) in [5.41, 5.74) is 0.0351. The number of anilines is 1. The molecule has 0 bridgehead atoms. The summed E-state index contributed by atoms with van der Waals surface area (Å²) >= 11 is 0. The number of rotatable bonds is 7. The van der Waals surface area contributed by atoms with Crippen LogP contribution in [0.4, 0.5) is 18.9 Å². The van der Waals surface area contributed by atoms with Crippen LogP contribution in [0.1, 0.15) is 31.2 Å². The lowest BCUT2D eigenvalue weighted by Crippen LogP contribution is -2.30. The number of benzene rings is 1. The van der Waals surface area contributed by atoms with Gasteiger partial charge in [-0.2, -0.15) is 18.3 Å². The lowest BCUT2D eigenvalue weighted by atomic mass is 10.2. The molecular weight excluding hydrogens is 421 g/mol. The third-order valence-electron chi connectivity index (χ3n) is 4.91. The summed E-state index contributed by atoms with van der Waals surface area (Å²) in [6, 6.07) is 7.01. The van der Waals surface area contributed by atoms with Gasteiger partial charge >= 0.3 is 6.18 Å². The van der Waals surface area contributed by atoms with Crippen molar-refractivity contribution in [3.63, 3.8) is 0 Å². The van der Waals surface area contributed by atoms with Crippen molar-refractivity contribution in [2.75, 3.05) is 18.0 Å². The molecule has 1 saturated heterocycles. The lowest BCUT2D eigenvalue weighted by molar-refractivity contribution is -0.141. The Labute approximate surface area is 172 Å². The first-order chi connectivity index (χ1) is 14.0. The average Bonchev–Trinajstić information content (AvgIpc) is 3.26. The molecule has 1 amide bonds. The Balaban J connectivity index is 1.60. The lowest BCUT2D eigenvalue weighted by Gasteiger charge is -2.17. The highest BCUT2D eigenvalue weighted by molar-refractivity contribution is 7.89. The molecule has 11 heteroatoms. The second-order valence-corrected chi connectivity index (χ2v) is 9.22. The van der Waals surface area contributed by atoms with E-state index >= 15 is 0 Å². The Morgan fingerprint density at radius 2 is 1.90 bits per heavy atom. The van der Waals surface area contributed by atoms with Crippen LogP contribution in [0.25, 0.3) is 0 Å². The molecule has 2 aromatic rings. The average molecular weight is 444 g/mol. The number of carbonyl (C=O) groups excluding carboxylic acids is 1. The fourth-order valence-electron chi connectivity index (χ4n) is 3.25. The van der Waals surface area contributed by atoms with E-state index in [1.54, 1.807) is 24.0 Å². The van der Waals surface area contributed by atoms with Gasteiger partial charge in [0, 0.05) is 37.4 Å². The molecule has 1 aromatic heterocycles. The summed E-state index contributed by atoms with van der Waals surface area (Å²) in [5, 5.41) is 3.56. The zero-order valence-corrected chi connectivity index (χ0v) is 17.4. The highest BCUT2D eigenvalue weighted by atomic mass is 32.2. The van der Waals surface area contributed by atoms with Gasteiger partial charge in [-0.3, -0.25) is 9.48 Å². The monoisotopic (exact) mass is 444 g/mol. The summed E-state index contributed by atoms with van der Waals surface area (Å²) in [7, 11) is -3.79. The third kappa shape index (κ3) is 5.01. The summed E-state index contributed by atoms with van der Waals surface area (Å²) in [6.45, 7) is 4.03. The van der Waals surface area contributed by atoms with E-state index in [-0.39, 0.29) is 29.8 Å². The number of aryl methyl sites for hydroxylation is 1. The second-order valence-electron chi connectivity index (χ2n) is 7.45. The maximum Gasteiger partial charge on any atom is 0.435 e. The first kappa shape index (κ1) is 22.3. The SMILES string of the molecule is Cc1cc(C(F)(F)F)nn1C[C@H](C)CNS(=O)(=O)c1ccc(N2CCCC2=O)cc1. The topological polar surface area (TPSA) is 84.3 Å². The summed E-state index contributed by atoms with van der Waals surface area (Å²) < 4.78 is 67.1. The van der Waals surface area contributed by atoms with Gasteiger partial charge in [0.25, 0.3) is 0 Å². The maximum atomic E-state index is 12.8. The van der Waals surface area contributed by atoms with E-state index in [2.05, 4.69) is 9.82 Å². The van der Waals surface area contributed by atoms with Crippen molar-refractivity contribution >= 4 is 21.6 Å². The van der Waals surface area contributed by atoms with Gasteiger partial charge in [-0.15, -0.1) is 0 Å². The Bertz CT molecular complexity index is 1020. The number of sulfonamides is 1. The first-order valence-corrected chi connectivity index (χ1v) is 11.0. The van der Waals surface area contributed by atoms with E-state index in [0.29, 0.717) is 24.3 Å². The quantitative estimate of drug-likeness (QED) is 0.712. The highest BCUT2D eigenvalue weighted by Crippen LogP contribution is 2.28.